The monoisotopic (exact) mass is 384 g/mol. The van der Waals surface area contributed by atoms with Crippen molar-refractivity contribution < 1.29 is 9.47 Å². The second-order valence-corrected chi connectivity index (χ2v) is 7.89. The molecule has 1 aliphatic carbocycles. The third kappa shape index (κ3) is 3.46. The summed E-state index contributed by atoms with van der Waals surface area (Å²) in [6, 6.07) is 5.61. The van der Waals surface area contributed by atoms with Gasteiger partial charge in [-0.25, -0.2) is 4.98 Å². The second kappa shape index (κ2) is 7.72. The van der Waals surface area contributed by atoms with Crippen molar-refractivity contribution in [3.8, 4) is 22.9 Å². The molecule has 2 heterocycles. The summed E-state index contributed by atoms with van der Waals surface area (Å²) >= 11 is 1.68. The van der Waals surface area contributed by atoms with Gasteiger partial charge < -0.3 is 14.5 Å². The van der Waals surface area contributed by atoms with Gasteiger partial charge in [0, 0.05) is 10.4 Å². The van der Waals surface area contributed by atoms with E-state index in [0.29, 0.717) is 23.9 Å². The highest BCUT2D eigenvalue weighted by Crippen LogP contribution is 2.35. The Bertz CT molecular complexity index is 1020. The van der Waals surface area contributed by atoms with Crippen molar-refractivity contribution in [2.45, 2.75) is 45.4 Å². The summed E-state index contributed by atoms with van der Waals surface area (Å²) in [6.07, 6.45) is 6.90. The fourth-order valence-electron chi connectivity index (χ4n) is 3.75. The van der Waals surface area contributed by atoms with E-state index in [4.69, 9.17) is 14.5 Å². The third-order valence-electron chi connectivity index (χ3n) is 5.06. The number of ether oxygens (including phenoxy) is 2. The highest BCUT2D eigenvalue weighted by atomic mass is 32.1. The topological polar surface area (TPSA) is 64.2 Å². The van der Waals surface area contributed by atoms with Gasteiger partial charge in [0.1, 0.15) is 10.7 Å². The summed E-state index contributed by atoms with van der Waals surface area (Å²) in [4.78, 5) is 22.9. The van der Waals surface area contributed by atoms with E-state index in [0.717, 1.165) is 35.0 Å². The number of hydrogen-bond donors (Lipinski definition) is 1. The molecule has 142 valence electrons. The molecule has 27 heavy (non-hydrogen) atoms. The molecule has 0 spiro atoms. The summed E-state index contributed by atoms with van der Waals surface area (Å²) in [5.74, 6) is 1.90. The largest absolute Gasteiger partial charge is 0.493 e. The lowest BCUT2D eigenvalue weighted by molar-refractivity contribution is 0.311. The number of methoxy groups -OCH3 is 1. The molecule has 1 aliphatic rings. The lowest BCUT2D eigenvalue weighted by atomic mass is 9.98. The number of thiophene rings is 1. The van der Waals surface area contributed by atoms with Gasteiger partial charge in [-0.2, -0.15) is 0 Å². The fraction of sp³-hybridized carbons (Fsp3) is 0.429. The maximum absolute atomic E-state index is 12.9. The van der Waals surface area contributed by atoms with E-state index in [-0.39, 0.29) is 5.56 Å². The number of H-pyrrole nitrogens is 1. The van der Waals surface area contributed by atoms with E-state index in [2.05, 4.69) is 4.98 Å². The number of rotatable bonds is 4. The van der Waals surface area contributed by atoms with Crippen molar-refractivity contribution in [2.24, 2.45) is 0 Å². The molecule has 3 aromatic rings. The molecule has 6 heteroatoms. The molecule has 0 bridgehead atoms. The first-order valence-corrected chi connectivity index (χ1v) is 10.4. The summed E-state index contributed by atoms with van der Waals surface area (Å²) in [6.45, 7) is 2.47. The van der Waals surface area contributed by atoms with Crippen LogP contribution >= 0.6 is 11.3 Å². The minimum atomic E-state index is -0.0400. The van der Waals surface area contributed by atoms with Crippen molar-refractivity contribution in [3.63, 3.8) is 0 Å². The average Bonchev–Trinajstić information content (AvgIpc) is 2.99. The van der Waals surface area contributed by atoms with Crippen LogP contribution in [0, 0.1) is 0 Å². The quantitative estimate of drug-likeness (QED) is 0.707. The third-order valence-corrected chi connectivity index (χ3v) is 6.25. The number of nitrogens with zero attached hydrogens (tertiary/aromatic N) is 1. The maximum Gasteiger partial charge on any atom is 0.260 e. The van der Waals surface area contributed by atoms with E-state index >= 15 is 0 Å². The predicted octanol–water partition coefficient (Wildman–Crippen LogP) is 4.72. The zero-order valence-electron chi connectivity index (χ0n) is 15.8. The highest BCUT2D eigenvalue weighted by molar-refractivity contribution is 7.18. The van der Waals surface area contributed by atoms with Crippen molar-refractivity contribution in [3.05, 3.63) is 39.0 Å². The molecule has 5 nitrogen and oxygen atoms in total. The molecule has 0 radical (unpaired) electrons. The Labute approximate surface area is 162 Å². The summed E-state index contributed by atoms with van der Waals surface area (Å²) in [5, 5.41) is 0.791. The lowest BCUT2D eigenvalue weighted by Gasteiger charge is -2.11. The number of fused-ring (bicyclic) bond motifs is 3. The van der Waals surface area contributed by atoms with Crippen LogP contribution in [0.15, 0.2) is 23.0 Å². The summed E-state index contributed by atoms with van der Waals surface area (Å²) in [7, 11) is 1.62. The van der Waals surface area contributed by atoms with Crippen LogP contribution in [0.3, 0.4) is 0 Å². The van der Waals surface area contributed by atoms with Crippen molar-refractivity contribution >= 4 is 21.6 Å². The summed E-state index contributed by atoms with van der Waals surface area (Å²) in [5.41, 5.74) is 2.00. The van der Waals surface area contributed by atoms with Crippen LogP contribution in [0.25, 0.3) is 21.6 Å². The molecule has 4 rings (SSSR count). The van der Waals surface area contributed by atoms with Crippen molar-refractivity contribution in [2.75, 3.05) is 13.7 Å². The Morgan fingerprint density at radius 3 is 2.74 bits per heavy atom. The number of hydrogen-bond acceptors (Lipinski definition) is 5. The van der Waals surface area contributed by atoms with Crippen LogP contribution in [-0.2, 0) is 12.8 Å². The zero-order chi connectivity index (χ0) is 18.8. The normalized spacial score (nSPS) is 14.4. The van der Waals surface area contributed by atoms with Crippen LogP contribution in [0.2, 0.25) is 0 Å². The first-order chi connectivity index (χ1) is 13.2. The van der Waals surface area contributed by atoms with Gasteiger partial charge in [-0.3, -0.25) is 4.79 Å². The molecule has 1 aromatic carbocycles. The molecule has 0 amide bonds. The predicted molar refractivity (Wildman–Crippen MR) is 109 cm³/mol. The molecular weight excluding hydrogens is 360 g/mol. The number of aromatic amines is 1. The number of aryl methyl sites for hydroxylation is 2. The molecule has 0 aliphatic heterocycles. The number of aromatic nitrogens is 2. The van der Waals surface area contributed by atoms with Gasteiger partial charge in [-0.15, -0.1) is 11.3 Å². The fourth-order valence-corrected chi connectivity index (χ4v) is 5.01. The van der Waals surface area contributed by atoms with E-state index in [1.165, 1.54) is 29.7 Å². The minimum absolute atomic E-state index is 0.0400. The van der Waals surface area contributed by atoms with Crippen LogP contribution in [0.5, 0.6) is 11.5 Å². The van der Waals surface area contributed by atoms with Gasteiger partial charge in [0.15, 0.2) is 11.5 Å². The molecular formula is C21H24N2O3S. The molecule has 2 aromatic heterocycles. The smallest absolute Gasteiger partial charge is 0.260 e. The van der Waals surface area contributed by atoms with Crippen LogP contribution in [0.4, 0.5) is 0 Å². The van der Waals surface area contributed by atoms with Gasteiger partial charge in [-0.1, -0.05) is 12.8 Å². The van der Waals surface area contributed by atoms with E-state index < -0.39 is 0 Å². The first-order valence-electron chi connectivity index (χ1n) is 9.57. The summed E-state index contributed by atoms with van der Waals surface area (Å²) < 4.78 is 11.0. The van der Waals surface area contributed by atoms with Crippen LogP contribution in [0.1, 0.15) is 43.0 Å². The molecule has 0 saturated carbocycles. The van der Waals surface area contributed by atoms with E-state index in [9.17, 15) is 4.79 Å². The van der Waals surface area contributed by atoms with Crippen molar-refractivity contribution in [1.82, 2.24) is 9.97 Å². The Morgan fingerprint density at radius 2 is 1.96 bits per heavy atom. The standard InChI is InChI=1S/C21H24N2O3S/c1-3-26-16-12-13(10-11-15(16)25-2)19-22-20(24)18-14-8-6-4-5-7-9-17(14)27-21(18)23-19/h10-12H,3-9H2,1-2H3,(H,22,23,24). The van der Waals surface area contributed by atoms with Crippen LogP contribution < -0.4 is 15.0 Å². The van der Waals surface area contributed by atoms with Crippen molar-refractivity contribution in [1.29, 1.82) is 0 Å². The molecule has 0 unspecified atom stereocenters. The Morgan fingerprint density at radius 1 is 1.15 bits per heavy atom. The Hall–Kier alpha value is -2.34. The zero-order valence-corrected chi connectivity index (χ0v) is 16.6. The molecule has 0 fully saturated rings. The SMILES string of the molecule is CCOc1cc(-c2nc3sc4c(c3c(=O)[nH]2)CCCCCC4)ccc1OC. The Kier molecular flexibility index (Phi) is 5.16. The van der Waals surface area contributed by atoms with E-state index in [1.54, 1.807) is 18.4 Å². The molecule has 0 saturated heterocycles. The van der Waals surface area contributed by atoms with Crippen LogP contribution in [-0.4, -0.2) is 23.7 Å². The molecule has 1 N–H and O–H groups in total. The number of benzene rings is 1. The minimum Gasteiger partial charge on any atom is -0.493 e. The van der Waals surface area contributed by atoms with E-state index in [1.807, 2.05) is 25.1 Å². The first kappa shape index (κ1) is 18.0. The second-order valence-electron chi connectivity index (χ2n) is 6.81. The number of nitrogens with one attached hydrogen (secondary N) is 1. The van der Waals surface area contributed by atoms with Gasteiger partial charge in [0.2, 0.25) is 0 Å². The highest BCUT2D eigenvalue weighted by Gasteiger charge is 2.19. The van der Waals surface area contributed by atoms with Gasteiger partial charge >= 0.3 is 0 Å². The molecule has 0 atom stereocenters. The van der Waals surface area contributed by atoms with Gasteiger partial charge in [-0.05, 0) is 56.4 Å². The average molecular weight is 385 g/mol. The maximum atomic E-state index is 12.9. The Balaban J connectivity index is 1.82. The van der Waals surface area contributed by atoms with Gasteiger partial charge in [0.25, 0.3) is 5.56 Å². The van der Waals surface area contributed by atoms with Gasteiger partial charge in [0.05, 0.1) is 19.1 Å². The lowest BCUT2D eigenvalue weighted by Crippen LogP contribution is -2.10.